The highest BCUT2D eigenvalue weighted by Crippen LogP contribution is 2.42. The number of benzene rings is 1. The van der Waals surface area contributed by atoms with Crippen molar-refractivity contribution in [3.63, 3.8) is 0 Å². The summed E-state index contributed by atoms with van der Waals surface area (Å²) in [7, 11) is 3.67. The van der Waals surface area contributed by atoms with Crippen LogP contribution in [0.15, 0.2) is 24.4 Å². The Labute approximate surface area is 221 Å². The zero-order valence-corrected chi connectivity index (χ0v) is 22.8. The minimum absolute atomic E-state index is 0.00208. The number of piperidine rings is 1. The van der Waals surface area contributed by atoms with E-state index in [1.54, 1.807) is 13.3 Å². The third-order valence-corrected chi connectivity index (χ3v) is 8.60. The largest absolute Gasteiger partial charge is 0.385 e. The van der Waals surface area contributed by atoms with Gasteiger partial charge in [0.1, 0.15) is 0 Å². The summed E-state index contributed by atoms with van der Waals surface area (Å²) < 4.78 is 5.26. The van der Waals surface area contributed by atoms with E-state index in [0.717, 1.165) is 61.7 Å². The van der Waals surface area contributed by atoms with Crippen molar-refractivity contribution in [2.24, 2.45) is 11.8 Å². The first-order valence-electron chi connectivity index (χ1n) is 14.4. The molecule has 4 N–H and O–H groups in total. The molecule has 0 radical (unpaired) electrons. The number of urea groups is 1. The molecule has 1 aromatic carbocycles. The number of amides is 2. The fourth-order valence-corrected chi connectivity index (χ4v) is 6.61. The van der Waals surface area contributed by atoms with Crippen molar-refractivity contribution in [2.45, 2.75) is 82.3 Å². The Kier molecular flexibility index (Phi) is 10.2. The summed E-state index contributed by atoms with van der Waals surface area (Å²) in [6.45, 7) is 2.74. The zero-order chi connectivity index (χ0) is 26.1. The van der Waals surface area contributed by atoms with Crippen molar-refractivity contribution in [1.29, 1.82) is 0 Å². The molecule has 1 saturated heterocycles. The second-order valence-corrected chi connectivity index (χ2v) is 11.2. The number of hydrogen-bond acceptors (Lipinski definition) is 5. The first-order chi connectivity index (χ1) is 18.0. The summed E-state index contributed by atoms with van der Waals surface area (Å²) in [5.74, 6) is 0.651. The van der Waals surface area contributed by atoms with Gasteiger partial charge in [-0.25, -0.2) is 4.79 Å². The van der Waals surface area contributed by atoms with Gasteiger partial charge in [-0.05, 0) is 51.5 Å². The number of aliphatic hydroxyl groups is 1. The molecule has 0 bridgehead atoms. The van der Waals surface area contributed by atoms with Crippen LogP contribution in [0, 0.1) is 11.8 Å². The Bertz CT molecular complexity index is 975. The molecule has 37 heavy (non-hydrogen) atoms. The van der Waals surface area contributed by atoms with Gasteiger partial charge in [0.15, 0.2) is 0 Å². The van der Waals surface area contributed by atoms with E-state index in [-0.39, 0.29) is 18.0 Å². The van der Waals surface area contributed by atoms with Crippen molar-refractivity contribution < 1.29 is 14.6 Å². The Morgan fingerprint density at radius 2 is 2.08 bits per heavy atom. The number of fused-ring (bicyclic) bond motifs is 1. The van der Waals surface area contributed by atoms with Gasteiger partial charge in [-0.15, -0.1) is 0 Å². The Morgan fingerprint density at radius 1 is 1.24 bits per heavy atom. The number of nitrogens with one attached hydrogen (secondary N) is 3. The molecule has 2 aliphatic rings. The van der Waals surface area contributed by atoms with Crippen LogP contribution in [0.2, 0.25) is 0 Å². The van der Waals surface area contributed by atoms with Crippen molar-refractivity contribution in [3.05, 3.63) is 30.0 Å². The molecule has 2 aromatic rings. The van der Waals surface area contributed by atoms with Crippen molar-refractivity contribution in [1.82, 2.24) is 25.7 Å². The summed E-state index contributed by atoms with van der Waals surface area (Å²) in [5.41, 5.74) is 0.725. The van der Waals surface area contributed by atoms with Gasteiger partial charge in [0.05, 0.1) is 17.3 Å². The van der Waals surface area contributed by atoms with Crippen LogP contribution < -0.4 is 10.6 Å². The summed E-state index contributed by atoms with van der Waals surface area (Å²) in [5, 5.41) is 27.3. The molecule has 0 spiro atoms. The number of carbonyl (C=O) groups is 1. The van der Waals surface area contributed by atoms with Crippen molar-refractivity contribution in [3.8, 4) is 0 Å². The molecule has 2 fully saturated rings. The van der Waals surface area contributed by atoms with Gasteiger partial charge in [0, 0.05) is 56.3 Å². The van der Waals surface area contributed by atoms with Crippen LogP contribution >= 0.6 is 0 Å². The van der Waals surface area contributed by atoms with Gasteiger partial charge in [-0.3, -0.25) is 5.10 Å². The lowest BCUT2D eigenvalue weighted by molar-refractivity contribution is -0.0553. The van der Waals surface area contributed by atoms with Crippen LogP contribution in [-0.4, -0.2) is 72.7 Å². The number of H-pyrrole nitrogens is 1. The zero-order valence-electron chi connectivity index (χ0n) is 22.8. The molecule has 4 rings (SSSR count). The number of aromatic nitrogens is 2. The number of likely N-dealkylation sites (N-methyl/N-ethyl adjacent to an activating group) is 1. The first kappa shape index (κ1) is 27.9. The molecule has 1 aliphatic carbocycles. The van der Waals surface area contributed by atoms with E-state index < -0.39 is 5.60 Å². The average molecular weight is 514 g/mol. The lowest BCUT2D eigenvalue weighted by Gasteiger charge is -2.43. The van der Waals surface area contributed by atoms with E-state index in [1.807, 2.05) is 30.1 Å². The molecule has 2 amide bonds. The van der Waals surface area contributed by atoms with E-state index in [0.29, 0.717) is 25.5 Å². The van der Waals surface area contributed by atoms with Crippen LogP contribution in [0.4, 0.5) is 4.79 Å². The normalized spacial score (nSPS) is 21.6. The number of nitrogens with zero attached hydrogens (tertiary/aromatic N) is 2. The van der Waals surface area contributed by atoms with E-state index in [2.05, 4.69) is 20.8 Å². The summed E-state index contributed by atoms with van der Waals surface area (Å²) in [4.78, 5) is 15.4. The number of para-hydroxylation sites is 1. The number of likely N-dealkylation sites (tertiary alicyclic amines) is 1. The monoisotopic (exact) mass is 513 g/mol. The van der Waals surface area contributed by atoms with E-state index in [1.165, 1.54) is 32.1 Å². The minimum atomic E-state index is -1.05. The van der Waals surface area contributed by atoms with Gasteiger partial charge in [-0.2, -0.15) is 5.10 Å². The predicted molar refractivity (Wildman–Crippen MR) is 147 cm³/mol. The second-order valence-electron chi connectivity index (χ2n) is 11.2. The van der Waals surface area contributed by atoms with Crippen LogP contribution in [0.5, 0.6) is 0 Å². The number of unbranched alkanes of at least 4 members (excludes halogenated alkanes) is 1. The first-order valence-corrected chi connectivity index (χ1v) is 14.4. The van der Waals surface area contributed by atoms with Crippen molar-refractivity contribution in [2.75, 3.05) is 40.4 Å². The molecule has 1 saturated carbocycles. The van der Waals surface area contributed by atoms with E-state index in [4.69, 9.17) is 4.74 Å². The Morgan fingerprint density at radius 3 is 2.86 bits per heavy atom. The third-order valence-electron chi connectivity index (χ3n) is 8.60. The maximum absolute atomic E-state index is 13.5. The molecular weight excluding hydrogens is 466 g/mol. The van der Waals surface area contributed by atoms with Crippen LogP contribution in [0.25, 0.3) is 10.9 Å². The van der Waals surface area contributed by atoms with Gasteiger partial charge < -0.3 is 25.4 Å². The minimum Gasteiger partial charge on any atom is -0.385 e. The van der Waals surface area contributed by atoms with Gasteiger partial charge in [0.25, 0.3) is 0 Å². The molecule has 1 aromatic heterocycles. The molecule has 2 heterocycles. The molecule has 8 heteroatoms. The maximum atomic E-state index is 13.5. The summed E-state index contributed by atoms with van der Waals surface area (Å²) in [6, 6.07) is 6.16. The Balaban J connectivity index is 1.48. The quantitative estimate of drug-likeness (QED) is 0.312. The number of aromatic amines is 1. The lowest BCUT2D eigenvalue weighted by Crippen LogP contribution is -2.54. The molecule has 1 aliphatic heterocycles. The Hall–Kier alpha value is -2.16. The molecular formula is C29H47N5O3. The fourth-order valence-electron chi connectivity index (χ4n) is 6.61. The number of hydrogen-bond donors (Lipinski definition) is 4. The van der Waals surface area contributed by atoms with Crippen molar-refractivity contribution >= 4 is 16.9 Å². The standard InChI is InChI=1S/C29H47N5O3/c1-30-20-25(18-22-10-4-3-5-11-22)32-28(35)34-16-9-13-24(21-34)29(36,15-6-7-17-37-2)26-14-8-12-23-19-31-33-27(23)26/h8,12,14,19,22,24-25,30,36H,3-7,9-11,13,15-18,20-21H2,1-2H3,(H,31,33)(H,32,35)/t24-,25?,29+/m1/s1. The predicted octanol–water partition coefficient (Wildman–Crippen LogP) is 4.55. The molecule has 1 unspecified atom stereocenters. The van der Waals surface area contributed by atoms with Crippen LogP contribution in [-0.2, 0) is 10.3 Å². The second kappa shape index (κ2) is 13.6. The molecule has 206 valence electrons. The van der Waals surface area contributed by atoms with Gasteiger partial charge in [-0.1, -0.05) is 50.3 Å². The van der Waals surface area contributed by atoms with Gasteiger partial charge in [0.2, 0.25) is 0 Å². The highest BCUT2D eigenvalue weighted by Gasteiger charge is 2.42. The van der Waals surface area contributed by atoms with E-state index in [9.17, 15) is 9.90 Å². The molecule has 8 nitrogen and oxygen atoms in total. The molecule has 3 atom stereocenters. The lowest BCUT2D eigenvalue weighted by atomic mass is 9.73. The highest BCUT2D eigenvalue weighted by molar-refractivity contribution is 5.82. The number of rotatable bonds is 12. The maximum Gasteiger partial charge on any atom is 0.317 e. The summed E-state index contributed by atoms with van der Waals surface area (Å²) in [6.07, 6.45) is 13.5. The van der Waals surface area contributed by atoms with Crippen LogP contribution in [0.1, 0.15) is 76.2 Å². The topological polar surface area (TPSA) is 103 Å². The SMILES string of the molecule is CNCC(CC1CCCCC1)NC(=O)N1CCC[C@@H]([C@@](O)(CCCCOC)c2cccc3cn[nH]c23)C1. The summed E-state index contributed by atoms with van der Waals surface area (Å²) >= 11 is 0. The number of ether oxygens (including phenoxy) is 1. The number of methoxy groups -OCH3 is 1. The highest BCUT2D eigenvalue weighted by atomic mass is 16.5. The third kappa shape index (κ3) is 7.03. The van der Waals surface area contributed by atoms with E-state index >= 15 is 0 Å². The fraction of sp³-hybridized carbons (Fsp3) is 0.724. The van der Waals surface area contributed by atoms with Gasteiger partial charge >= 0.3 is 6.03 Å². The number of carbonyl (C=O) groups excluding carboxylic acids is 1. The van der Waals surface area contributed by atoms with Crippen LogP contribution in [0.3, 0.4) is 0 Å². The average Bonchev–Trinajstić information content (AvgIpc) is 3.41. The smallest absolute Gasteiger partial charge is 0.317 e.